The highest BCUT2D eigenvalue weighted by Crippen LogP contribution is 2.64. The van der Waals surface area contributed by atoms with Gasteiger partial charge in [0, 0.05) is 17.0 Å². The van der Waals surface area contributed by atoms with Crippen molar-refractivity contribution in [2.45, 2.75) is 17.7 Å². The van der Waals surface area contributed by atoms with Crippen molar-refractivity contribution < 1.29 is 19.1 Å². The summed E-state index contributed by atoms with van der Waals surface area (Å²) < 4.78 is 3.67. The third-order valence-corrected chi connectivity index (χ3v) is 4.82. The Morgan fingerprint density at radius 1 is 1.17 bits per heavy atom. The number of hydrogen-bond donors (Lipinski definition) is 2. The molecule has 0 spiro atoms. The molecule has 124 valence electrons. The Bertz CT molecular complexity index is 648. The van der Waals surface area contributed by atoms with Crippen molar-refractivity contribution in [3.05, 3.63) is 34.9 Å². The van der Waals surface area contributed by atoms with E-state index in [1.54, 1.807) is 19.1 Å². The van der Waals surface area contributed by atoms with Crippen molar-refractivity contribution >= 4 is 52.6 Å². The van der Waals surface area contributed by atoms with E-state index in [0.29, 0.717) is 10.6 Å². The van der Waals surface area contributed by atoms with Crippen molar-refractivity contribution in [3.63, 3.8) is 0 Å². The molecule has 0 bridgehead atoms. The highest BCUT2D eigenvalue weighted by molar-refractivity contribution is 6.53. The number of benzene rings is 1. The molecular weight excluding hydrogens is 367 g/mol. The van der Waals surface area contributed by atoms with Gasteiger partial charge in [-0.3, -0.25) is 25.2 Å². The number of alkyl halides is 2. The van der Waals surface area contributed by atoms with Crippen LogP contribution in [0, 0.1) is 5.41 Å². The maximum absolute atomic E-state index is 11.8. The van der Waals surface area contributed by atoms with E-state index in [1.807, 2.05) is 0 Å². The molecule has 0 heterocycles. The van der Waals surface area contributed by atoms with Gasteiger partial charge in [-0.15, -0.1) is 23.2 Å². The number of carbonyl (C=O) groups is 3. The Kier molecular flexibility index (Phi) is 5.08. The van der Waals surface area contributed by atoms with Gasteiger partial charge in [-0.2, -0.15) is 0 Å². The second-order valence-corrected chi connectivity index (χ2v) is 7.22. The summed E-state index contributed by atoms with van der Waals surface area (Å²) in [5, 5.41) is 0.487. The van der Waals surface area contributed by atoms with Gasteiger partial charge >= 0.3 is 5.97 Å². The average Bonchev–Trinajstić information content (AvgIpc) is 3.02. The Morgan fingerprint density at radius 2 is 1.74 bits per heavy atom. The first-order chi connectivity index (χ1) is 10.7. The minimum atomic E-state index is -1.16. The lowest BCUT2D eigenvalue weighted by Crippen LogP contribution is -2.44. The third kappa shape index (κ3) is 4.07. The fourth-order valence-electron chi connectivity index (χ4n) is 1.75. The number of carbonyl (C=O) groups excluding carboxylic acids is 3. The van der Waals surface area contributed by atoms with Crippen LogP contribution in [0.3, 0.4) is 0 Å². The number of ether oxygens (including phenoxy) is 1. The maximum Gasteiger partial charge on any atom is 0.315 e. The summed E-state index contributed by atoms with van der Waals surface area (Å²) in [5.74, 6) is -1.89. The van der Waals surface area contributed by atoms with Crippen molar-refractivity contribution in [1.29, 1.82) is 0 Å². The number of esters is 1. The fraction of sp³-hybridized carbons (Fsp3) is 0.357. The van der Waals surface area contributed by atoms with Gasteiger partial charge in [0.05, 0.1) is 0 Å². The quantitative estimate of drug-likeness (QED) is 0.477. The lowest BCUT2D eigenvalue weighted by Gasteiger charge is -2.12. The summed E-state index contributed by atoms with van der Waals surface area (Å²) >= 11 is 17.4. The van der Waals surface area contributed by atoms with Crippen LogP contribution in [0.5, 0.6) is 0 Å². The minimum Gasteiger partial charge on any atom is -0.455 e. The lowest BCUT2D eigenvalue weighted by atomic mass is 10.1. The Morgan fingerprint density at radius 3 is 2.26 bits per heavy atom. The average molecular weight is 380 g/mol. The molecule has 23 heavy (non-hydrogen) atoms. The number of hydrazine groups is 1. The van der Waals surface area contributed by atoms with Crippen LogP contribution in [-0.2, 0) is 14.3 Å². The largest absolute Gasteiger partial charge is 0.455 e. The lowest BCUT2D eigenvalue weighted by molar-refractivity contribution is -0.153. The zero-order chi connectivity index (χ0) is 17.3. The Balaban J connectivity index is 1.74. The number of hydrogen-bond acceptors (Lipinski definition) is 4. The molecule has 1 aliphatic rings. The van der Waals surface area contributed by atoms with Gasteiger partial charge in [0.15, 0.2) is 6.61 Å². The van der Waals surface area contributed by atoms with E-state index in [0.717, 1.165) is 0 Å². The molecule has 1 fully saturated rings. The van der Waals surface area contributed by atoms with Crippen LogP contribution >= 0.6 is 34.8 Å². The van der Waals surface area contributed by atoms with Gasteiger partial charge < -0.3 is 4.74 Å². The standard InChI is InChI=1S/C14H13Cl3N2O4/c1-13(7-14(13,16)17)12(22)23-6-10(20)18-19-11(21)8-2-4-9(15)5-3-8/h2-5H,6-7H2,1H3,(H,18,20)(H,19,21)/t13-/m1/s1. The second kappa shape index (κ2) is 6.55. The molecule has 2 N–H and O–H groups in total. The van der Waals surface area contributed by atoms with Crippen LogP contribution in [0.2, 0.25) is 5.02 Å². The first-order valence-electron chi connectivity index (χ1n) is 6.55. The van der Waals surface area contributed by atoms with Crippen molar-refractivity contribution in [3.8, 4) is 0 Å². The van der Waals surface area contributed by atoms with Crippen LogP contribution < -0.4 is 10.9 Å². The SMILES string of the molecule is C[C@]1(C(=O)OCC(=O)NNC(=O)c2ccc(Cl)cc2)CC1(Cl)Cl. The molecule has 6 nitrogen and oxygen atoms in total. The zero-order valence-corrected chi connectivity index (χ0v) is 14.3. The molecule has 1 aromatic rings. The molecule has 2 amide bonds. The van der Waals surface area contributed by atoms with E-state index in [1.165, 1.54) is 12.1 Å². The molecule has 0 radical (unpaired) electrons. The van der Waals surface area contributed by atoms with Crippen LogP contribution in [-0.4, -0.2) is 28.7 Å². The molecule has 1 saturated carbocycles. The first kappa shape index (κ1) is 17.8. The van der Waals surface area contributed by atoms with E-state index in [-0.39, 0.29) is 6.42 Å². The molecular formula is C14H13Cl3N2O4. The monoisotopic (exact) mass is 378 g/mol. The molecule has 0 aromatic heterocycles. The predicted molar refractivity (Wildman–Crippen MR) is 85.2 cm³/mol. The van der Waals surface area contributed by atoms with Gasteiger partial charge in [0.1, 0.15) is 9.75 Å². The molecule has 9 heteroatoms. The summed E-state index contributed by atoms with van der Waals surface area (Å²) in [6, 6.07) is 6.08. The highest BCUT2D eigenvalue weighted by Gasteiger charge is 2.69. The van der Waals surface area contributed by atoms with E-state index in [2.05, 4.69) is 10.9 Å². The Labute approximate surface area is 147 Å². The molecule has 0 saturated heterocycles. The predicted octanol–water partition coefficient (Wildman–Crippen LogP) is 2.23. The highest BCUT2D eigenvalue weighted by atomic mass is 35.5. The molecule has 0 aliphatic heterocycles. The number of rotatable bonds is 4. The van der Waals surface area contributed by atoms with Crippen LogP contribution in [0.4, 0.5) is 0 Å². The number of nitrogens with one attached hydrogen (secondary N) is 2. The number of halogens is 3. The third-order valence-electron chi connectivity index (χ3n) is 3.46. The van der Waals surface area contributed by atoms with E-state index < -0.39 is 34.1 Å². The minimum absolute atomic E-state index is 0.261. The van der Waals surface area contributed by atoms with Gasteiger partial charge in [0.25, 0.3) is 11.8 Å². The van der Waals surface area contributed by atoms with E-state index >= 15 is 0 Å². The fourth-order valence-corrected chi connectivity index (χ4v) is 2.56. The summed E-state index contributed by atoms with van der Waals surface area (Å²) in [6.45, 7) is 0.995. The molecule has 0 unspecified atom stereocenters. The smallest absolute Gasteiger partial charge is 0.315 e. The van der Waals surface area contributed by atoms with Crippen LogP contribution in [0.15, 0.2) is 24.3 Å². The topological polar surface area (TPSA) is 84.5 Å². The maximum atomic E-state index is 11.8. The van der Waals surface area contributed by atoms with Crippen LogP contribution in [0.1, 0.15) is 23.7 Å². The van der Waals surface area contributed by atoms with Crippen molar-refractivity contribution in [2.24, 2.45) is 5.41 Å². The zero-order valence-electron chi connectivity index (χ0n) is 12.0. The normalized spacial score (nSPS) is 21.2. The molecule has 1 aliphatic carbocycles. The Hall–Kier alpha value is -1.50. The van der Waals surface area contributed by atoms with Crippen LogP contribution in [0.25, 0.3) is 0 Å². The van der Waals surface area contributed by atoms with E-state index in [9.17, 15) is 14.4 Å². The van der Waals surface area contributed by atoms with Gasteiger partial charge in [0.2, 0.25) is 0 Å². The first-order valence-corrected chi connectivity index (χ1v) is 7.69. The van der Waals surface area contributed by atoms with Crippen molar-refractivity contribution in [1.82, 2.24) is 10.9 Å². The van der Waals surface area contributed by atoms with E-state index in [4.69, 9.17) is 39.5 Å². The van der Waals surface area contributed by atoms with Gasteiger partial charge in [-0.1, -0.05) is 11.6 Å². The summed E-state index contributed by atoms with van der Waals surface area (Å²) in [4.78, 5) is 35.1. The number of amides is 2. The second-order valence-electron chi connectivity index (χ2n) is 5.30. The molecule has 2 rings (SSSR count). The summed E-state index contributed by atoms with van der Waals surface area (Å²) in [7, 11) is 0. The molecule has 1 atom stereocenters. The van der Waals surface area contributed by atoms with Gasteiger partial charge in [-0.25, -0.2) is 0 Å². The molecule has 1 aromatic carbocycles. The summed E-state index contributed by atoms with van der Waals surface area (Å²) in [6.07, 6.45) is 0.261. The summed E-state index contributed by atoms with van der Waals surface area (Å²) in [5.41, 5.74) is 3.62. The van der Waals surface area contributed by atoms with Gasteiger partial charge in [-0.05, 0) is 31.2 Å². The van der Waals surface area contributed by atoms with Crippen molar-refractivity contribution in [2.75, 3.05) is 6.61 Å².